The van der Waals surface area contributed by atoms with Crippen LogP contribution in [0.5, 0.6) is 0 Å². The lowest BCUT2D eigenvalue weighted by Crippen LogP contribution is -2.47. The quantitative estimate of drug-likeness (QED) is 0.547. The van der Waals surface area contributed by atoms with Gasteiger partial charge in [-0.2, -0.15) is 11.8 Å². The highest BCUT2D eigenvalue weighted by Gasteiger charge is 2.22. The molecule has 0 spiro atoms. The van der Waals surface area contributed by atoms with Crippen molar-refractivity contribution >= 4 is 41.0 Å². The summed E-state index contributed by atoms with van der Waals surface area (Å²) in [6.07, 6.45) is 4.27. The van der Waals surface area contributed by atoms with Crippen molar-refractivity contribution in [2.24, 2.45) is 0 Å². The van der Waals surface area contributed by atoms with Crippen LogP contribution in [0.3, 0.4) is 0 Å². The first-order valence-electron chi connectivity index (χ1n) is 10.0. The smallest absolute Gasteiger partial charge is 0.253 e. The molecule has 0 aliphatic rings. The number of hydrogen-bond donors (Lipinski definition) is 2. The van der Waals surface area contributed by atoms with E-state index in [4.69, 9.17) is 11.6 Å². The maximum Gasteiger partial charge on any atom is 0.253 e. The number of carbonyl (C=O) groups excluding carboxylic acids is 2. The molecule has 0 fully saturated rings. The summed E-state index contributed by atoms with van der Waals surface area (Å²) in [6.45, 7) is 6.31. The number of halogens is 1. The molecule has 30 heavy (non-hydrogen) atoms. The van der Waals surface area contributed by atoms with Crippen molar-refractivity contribution in [3.05, 3.63) is 58.7 Å². The van der Waals surface area contributed by atoms with Crippen LogP contribution in [0.15, 0.2) is 42.6 Å². The third-order valence-corrected chi connectivity index (χ3v) is 5.69. The van der Waals surface area contributed by atoms with E-state index in [2.05, 4.69) is 34.4 Å². The summed E-state index contributed by atoms with van der Waals surface area (Å²) in [6, 6.07) is 10.1. The molecule has 162 valence electrons. The molecule has 1 aromatic carbocycles. The number of pyridine rings is 1. The molecule has 2 N–H and O–H groups in total. The molecule has 2 amide bonds. The minimum absolute atomic E-state index is 0.225. The van der Waals surface area contributed by atoms with Crippen molar-refractivity contribution in [2.75, 3.05) is 30.0 Å². The number of carbonyl (C=O) groups is 2. The first-order valence-corrected chi connectivity index (χ1v) is 11.8. The topological polar surface area (TPSA) is 74.3 Å². The zero-order chi connectivity index (χ0) is 21.9. The van der Waals surface area contributed by atoms with Gasteiger partial charge in [-0.3, -0.25) is 9.59 Å². The van der Waals surface area contributed by atoms with Crippen LogP contribution in [0.2, 0.25) is 5.02 Å². The number of thioether (sulfide) groups is 1. The van der Waals surface area contributed by atoms with Gasteiger partial charge in [-0.1, -0.05) is 29.8 Å². The van der Waals surface area contributed by atoms with E-state index >= 15 is 0 Å². The van der Waals surface area contributed by atoms with E-state index in [0.29, 0.717) is 23.6 Å². The van der Waals surface area contributed by atoms with E-state index < -0.39 is 6.04 Å². The van der Waals surface area contributed by atoms with Crippen molar-refractivity contribution in [3.63, 3.8) is 0 Å². The highest BCUT2D eigenvalue weighted by atomic mass is 35.5. The highest BCUT2D eigenvalue weighted by Crippen LogP contribution is 2.15. The molecule has 8 heteroatoms. The fourth-order valence-corrected chi connectivity index (χ4v) is 3.65. The first-order chi connectivity index (χ1) is 14.5. The van der Waals surface area contributed by atoms with Crippen LogP contribution >= 0.6 is 23.4 Å². The monoisotopic (exact) mass is 448 g/mol. The van der Waals surface area contributed by atoms with Crippen LogP contribution < -0.4 is 15.5 Å². The van der Waals surface area contributed by atoms with Crippen molar-refractivity contribution in [1.29, 1.82) is 0 Å². The minimum Gasteiger partial charge on any atom is -0.357 e. The van der Waals surface area contributed by atoms with E-state index in [9.17, 15) is 9.59 Å². The van der Waals surface area contributed by atoms with Crippen molar-refractivity contribution in [3.8, 4) is 0 Å². The van der Waals surface area contributed by atoms with Gasteiger partial charge in [0.1, 0.15) is 11.9 Å². The lowest BCUT2D eigenvalue weighted by atomic mass is 10.1. The third kappa shape index (κ3) is 6.92. The van der Waals surface area contributed by atoms with Gasteiger partial charge in [-0.05, 0) is 56.0 Å². The van der Waals surface area contributed by atoms with Gasteiger partial charge >= 0.3 is 0 Å². The summed E-state index contributed by atoms with van der Waals surface area (Å²) in [5.41, 5.74) is 1.26. The van der Waals surface area contributed by atoms with Gasteiger partial charge in [-0.25, -0.2) is 4.98 Å². The van der Waals surface area contributed by atoms with Gasteiger partial charge < -0.3 is 15.5 Å². The van der Waals surface area contributed by atoms with Crippen molar-refractivity contribution < 1.29 is 9.59 Å². The Kier molecular flexibility index (Phi) is 9.97. The lowest BCUT2D eigenvalue weighted by molar-refractivity contribution is -0.123. The molecule has 0 saturated heterocycles. The summed E-state index contributed by atoms with van der Waals surface area (Å²) in [7, 11) is 0. The molecule has 0 aliphatic heterocycles. The Morgan fingerprint density at radius 1 is 1.17 bits per heavy atom. The molecule has 0 aliphatic carbocycles. The summed E-state index contributed by atoms with van der Waals surface area (Å²) >= 11 is 7.73. The molecule has 0 radical (unpaired) electrons. The number of amides is 2. The molecule has 0 saturated carbocycles. The van der Waals surface area contributed by atoms with E-state index in [1.165, 1.54) is 0 Å². The standard InChI is InChI=1S/C22H29ClN4O2S/c1-4-27(5-2)20-11-10-16(14-24-20)15-25-22(29)19(12-13-30-3)26-21(28)17-8-6-7-9-18(17)23/h6-11,14,19H,4-5,12-13,15H2,1-3H3,(H,25,29)(H,26,28). The molecule has 1 heterocycles. The Morgan fingerprint density at radius 2 is 1.90 bits per heavy atom. The van der Waals surface area contributed by atoms with Gasteiger partial charge in [-0.15, -0.1) is 0 Å². The molecule has 1 atom stereocenters. The molecular formula is C22H29ClN4O2S. The number of rotatable bonds is 11. The second kappa shape index (κ2) is 12.4. The molecule has 6 nitrogen and oxygen atoms in total. The average Bonchev–Trinajstić information content (AvgIpc) is 2.76. The van der Waals surface area contributed by atoms with Crippen LogP contribution in [-0.2, 0) is 11.3 Å². The van der Waals surface area contributed by atoms with Crippen LogP contribution in [0, 0.1) is 0 Å². The molecule has 0 bridgehead atoms. The van der Waals surface area contributed by atoms with Gasteiger partial charge in [0, 0.05) is 25.8 Å². The number of hydrogen-bond acceptors (Lipinski definition) is 5. The average molecular weight is 449 g/mol. The fraction of sp³-hybridized carbons (Fsp3) is 0.409. The predicted molar refractivity (Wildman–Crippen MR) is 125 cm³/mol. The molecule has 2 aromatic rings. The number of benzene rings is 1. The van der Waals surface area contributed by atoms with Gasteiger partial charge in [0.05, 0.1) is 10.6 Å². The maximum absolute atomic E-state index is 12.7. The number of aromatic nitrogens is 1. The Bertz CT molecular complexity index is 828. The Morgan fingerprint density at radius 3 is 2.50 bits per heavy atom. The summed E-state index contributed by atoms with van der Waals surface area (Å²) in [5, 5.41) is 6.08. The lowest BCUT2D eigenvalue weighted by Gasteiger charge is -2.20. The second-order valence-electron chi connectivity index (χ2n) is 6.70. The molecule has 2 rings (SSSR count). The highest BCUT2D eigenvalue weighted by molar-refractivity contribution is 7.98. The molecule has 1 unspecified atom stereocenters. The van der Waals surface area contributed by atoms with E-state index in [1.54, 1.807) is 42.2 Å². The van der Waals surface area contributed by atoms with Gasteiger partial charge in [0.25, 0.3) is 5.91 Å². The zero-order valence-electron chi connectivity index (χ0n) is 17.7. The predicted octanol–water partition coefficient (Wildman–Crippen LogP) is 3.75. The van der Waals surface area contributed by atoms with Crippen LogP contribution in [0.1, 0.15) is 36.2 Å². The number of nitrogens with one attached hydrogen (secondary N) is 2. The first kappa shape index (κ1) is 24.0. The Labute approximate surface area is 187 Å². The molecule has 1 aromatic heterocycles. The summed E-state index contributed by atoms with van der Waals surface area (Å²) < 4.78 is 0. The van der Waals surface area contributed by atoms with Crippen molar-refractivity contribution in [2.45, 2.75) is 32.9 Å². The third-order valence-electron chi connectivity index (χ3n) is 4.71. The van der Waals surface area contributed by atoms with Gasteiger partial charge in [0.2, 0.25) is 5.91 Å². The summed E-state index contributed by atoms with van der Waals surface area (Å²) in [5.74, 6) is 1.09. The SMILES string of the molecule is CCN(CC)c1ccc(CNC(=O)C(CCSC)NC(=O)c2ccccc2Cl)cn1. The normalized spacial score (nSPS) is 11.6. The van der Waals surface area contributed by atoms with Crippen LogP contribution in [0.25, 0.3) is 0 Å². The van der Waals surface area contributed by atoms with Crippen molar-refractivity contribution in [1.82, 2.24) is 15.6 Å². The van der Waals surface area contributed by atoms with E-state index in [1.807, 2.05) is 18.4 Å². The maximum atomic E-state index is 12.7. The van der Waals surface area contributed by atoms with Crippen LogP contribution in [0.4, 0.5) is 5.82 Å². The number of anilines is 1. The van der Waals surface area contributed by atoms with E-state index in [0.717, 1.165) is 30.2 Å². The number of nitrogens with zero attached hydrogens (tertiary/aromatic N) is 2. The largest absolute Gasteiger partial charge is 0.357 e. The van der Waals surface area contributed by atoms with Crippen LogP contribution in [-0.4, -0.2) is 47.9 Å². The fourth-order valence-electron chi connectivity index (χ4n) is 2.95. The second-order valence-corrected chi connectivity index (χ2v) is 8.09. The van der Waals surface area contributed by atoms with E-state index in [-0.39, 0.29) is 11.8 Å². The summed E-state index contributed by atoms with van der Waals surface area (Å²) in [4.78, 5) is 32.0. The Balaban J connectivity index is 1.99. The molecular weight excluding hydrogens is 420 g/mol. The minimum atomic E-state index is -0.635. The zero-order valence-corrected chi connectivity index (χ0v) is 19.2. The Hall–Kier alpha value is -2.25. The van der Waals surface area contributed by atoms with Gasteiger partial charge in [0.15, 0.2) is 0 Å².